The molecule has 1 saturated heterocycles. The number of amides is 1. The van der Waals surface area contributed by atoms with Crippen molar-refractivity contribution in [1.29, 1.82) is 0 Å². The zero-order valence-corrected chi connectivity index (χ0v) is 12.4. The van der Waals surface area contributed by atoms with Crippen molar-refractivity contribution in [2.24, 2.45) is 11.8 Å². The first-order valence-electron chi connectivity index (χ1n) is 7.16. The van der Waals surface area contributed by atoms with E-state index in [0.29, 0.717) is 30.4 Å². The van der Waals surface area contributed by atoms with Crippen molar-refractivity contribution in [3.63, 3.8) is 0 Å². The molecule has 1 heterocycles. The third-order valence-corrected chi connectivity index (χ3v) is 3.83. The molecule has 1 atom stereocenters. The predicted octanol–water partition coefficient (Wildman–Crippen LogP) is 2.17. The van der Waals surface area contributed by atoms with Gasteiger partial charge in [0.25, 0.3) is 0 Å². The van der Waals surface area contributed by atoms with Crippen molar-refractivity contribution < 1.29 is 14.3 Å². The smallest absolute Gasteiger partial charge is 0.223 e. The van der Waals surface area contributed by atoms with Gasteiger partial charge in [0, 0.05) is 25.1 Å². The number of halogens is 1. The SMILES string of the molecule is CC(C)C1CC(=O)N(Cc2cc(F)cc(C#CCO)c2)C1. The molecule has 1 fully saturated rings. The number of rotatable bonds is 3. The molecule has 1 aliphatic rings. The molecule has 0 bridgehead atoms. The molecule has 1 unspecified atom stereocenters. The van der Waals surface area contributed by atoms with Gasteiger partial charge in [-0.2, -0.15) is 0 Å². The molecule has 1 N–H and O–H groups in total. The molecule has 1 aliphatic heterocycles. The van der Waals surface area contributed by atoms with Crippen molar-refractivity contribution in [2.75, 3.05) is 13.2 Å². The molecule has 1 amide bonds. The van der Waals surface area contributed by atoms with Crippen molar-refractivity contribution in [3.8, 4) is 11.8 Å². The Morgan fingerprint density at radius 3 is 2.81 bits per heavy atom. The van der Waals surface area contributed by atoms with Crippen LogP contribution in [0.2, 0.25) is 0 Å². The van der Waals surface area contributed by atoms with Gasteiger partial charge in [-0.1, -0.05) is 25.7 Å². The lowest BCUT2D eigenvalue weighted by Gasteiger charge is -2.18. The minimum atomic E-state index is -0.373. The molecule has 0 aliphatic carbocycles. The largest absolute Gasteiger partial charge is 0.384 e. The number of nitrogens with zero attached hydrogens (tertiary/aromatic N) is 1. The number of hydrogen-bond donors (Lipinski definition) is 1. The number of benzene rings is 1. The van der Waals surface area contributed by atoms with Gasteiger partial charge in [0.05, 0.1) is 0 Å². The quantitative estimate of drug-likeness (QED) is 0.866. The summed E-state index contributed by atoms with van der Waals surface area (Å²) in [6.07, 6.45) is 0.574. The van der Waals surface area contributed by atoms with Crippen LogP contribution in [0.15, 0.2) is 18.2 Å². The Morgan fingerprint density at radius 1 is 1.43 bits per heavy atom. The lowest BCUT2D eigenvalue weighted by Crippen LogP contribution is -2.25. The van der Waals surface area contributed by atoms with Crippen LogP contribution in [-0.4, -0.2) is 29.1 Å². The van der Waals surface area contributed by atoms with E-state index in [-0.39, 0.29) is 18.3 Å². The number of hydrogen-bond acceptors (Lipinski definition) is 2. The minimum absolute atomic E-state index is 0.126. The van der Waals surface area contributed by atoms with E-state index in [1.807, 2.05) is 0 Å². The molecule has 0 saturated carbocycles. The highest BCUT2D eigenvalue weighted by Crippen LogP contribution is 2.26. The zero-order valence-electron chi connectivity index (χ0n) is 12.4. The van der Waals surface area contributed by atoms with Gasteiger partial charge in [0.15, 0.2) is 0 Å². The molecule has 0 spiro atoms. The van der Waals surface area contributed by atoms with Crippen molar-refractivity contribution in [2.45, 2.75) is 26.8 Å². The summed E-state index contributed by atoms with van der Waals surface area (Å²) in [5, 5.41) is 8.69. The van der Waals surface area contributed by atoms with Crippen LogP contribution in [0.1, 0.15) is 31.4 Å². The summed E-state index contributed by atoms with van der Waals surface area (Å²) in [5.41, 5.74) is 1.25. The average Bonchev–Trinajstić information content (AvgIpc) is 2.77. The van der Waals surface area contributed by atoms with E-state index < -0.39 is 0 Å². The van der Waals surface area contributed by atoms with Crippen LogP contribution in [0.4, 0.5) is 4.39 Å². The number of carbonyl (C=O) groups excluding carboxylic acids is 1. The van der Waals surface area contributed by atoms with Crippen molar-refractivity contribution in [1.82, 2.24) is 4.90 Å². The van der Waals surface area contributed by atoms with Gasteiger partial charge in [0.2, 0.25) is 5.91 Å². The van der Waals surface area contributed by atoms with Crippen molar-refractivity contribution >= 4 is 5.91 Å². The third-order valence-electron chi connectivity index (χ3n) is 3.83. The Balaban J connectivity index is 2.13. The van der Waals surface area contributed by atoms with Crippen LogP contribution in [0.5, 0.6) is 0 Å². The highest BCUT2D eigenvalue weighted by molar-refractivity contribution is 5.78. The maximum absolute atomic E-state index is 13.6. The van der Waals surface area contributed by atoms with Gasteiger partial charge in [-0.05, 0) is 35.6 Å². The summed E-state index contributed by atoms with van der Waals surface area (Å²) < 4.78 is 13.6. The molecule has 112 valence electrons. The highest BCUT2D eigenvalue weighted by Gasteiger charge is 2.31. The summed E-state index contributed by atoms with van der Waals surface area (Å²) in [5.74, 6) is 5.79. The van der Waals surface area contributed by atoms with Gasteiger partial charge in [-0.25, -0.2) is 4.39 Å². The van der Waals surface area contributed by atoms with Gasteiger partial charge >= 0.3 is 0 Å². The average molecular weight is 289 g/mol. The summed E-state index contributed by atoms with van der Waals surface area (Å²) >= 11 is 0. The molecule has 2 rings (SSSR count). The number of likely N-dealkylation sites (tertiary alicyclic amines) is 1. The normalized spacial score (nSPS) is 18.0. The van der Waals surface area contributed by atoms with Gasteiger partial charge in [-0.3, -0.25) is 4.79 Å². The Hall–Kier alpha value is -1.86. The summed E-state index contributed by atoms with van der Waals surface area (Å²) in [7, 11) is 0. The van der Waals surface area contributed by atoms with Crippen LogP contribution < -0.4 is 0 Å². The first-order valence-corrected chi connectivity index (χ1v) is 7.16. The predicted molar refractivity (Wildman–Crippen MR) is 78.7 cm³/mol. The fourth-order valence-electron chi connectivity index (χ4n) is 2.58. The van der Waals surface area contributed by atoms with E-state index in [4.69, 9.17) is 5.11 Å². The second kappa shape index (κ2) is 6.73. The van der Waals surface area contributed by atoms with Gasteiger partial charge in [-0.15, -0.1) is 0 Å². The van der Waals surface area contributed by atoms with Crippen LogP contribution in [0.25, 0.3) is 0 Å². The second-order valence-corrected chi connectivity index (χ2v) is 5.79. The third kappa shape index (κ3) is 4.05. The maximum atomic E-state index is 13.6. The zero-order chi connectivity index (χ0) is 15.4. The van der Waals surface area contributed by atoms with Crippen LogP contribution in [-0.2, 0) is 11.3 Å². The van der Waals surface area contributed by atoms with E-state index in [1.54, 1.807) is 11.0 Å². The number of aliphatic hydroxyl groups is 1. The Morgan fingerprint density at radius 2 is 2.19 bits per heavy atom. The summed E-state index contributed by atoms with van der Waals surface area (Å²) in [6, 6.07) is 4.52. The van der Waals surface area contributed by atoms with E-state index in [0.717, 1.165) is 12.1 Å². The Labute approximate surface area is 124 Å². The molecule has 4 heteroatoms. The van der Waals surface area contributed by atoms with E-state index in [1.165, 1.54) is 12.1 Å². The molecule has 21 heavy (non-hydrogen) atoms. The van der Waals surface area contributed by atoms with Crippen LogP contribution >= 0.6 is 0 Å². The van der Waals surface area contributed by atoms with Crippen LogP contribution in [0.3, 0.4) is 0 Å². The fourth-order valence-corrected chi connectivity index (χ4v) is 2.58. The van der Waals surface area contributed by atoms with Crippen LogP contribution in [0, 0.1) is 29.5 Å². The Bertz CT molecular complexity index is 586. The minimum Gasteiger partial charge on any atom is -0.384 e. The maximum Gasteiger partial charge on any atom is 0.223 e. The molecule has 1 aromatic carbocycles. The van der Waals surface area contributed by atoms with E-state index >= 15 is 0 Å². The number of carbonyl (C=O) groups is 1. The molecule has 1 aromatic rings. The van der Waals surface area contributed by atoms with E-state index in [2.05, 4.69) is 25.7 Å². The van der Waals surface area contributed by atoms with E-state index in [9.17, 15) is 9.18 Å². The van der Waals surface area contributed by atoms with Gasteiger partial charge in [0.1, 0.15) is 12.4 Å². The summed E-state index contributed by atoms with van der Waals surface area (Å²) in [6.45, 7) is 5.11. The lowest BCUT2D eigenvalue weighted by atomic mass is 9.95. The molecule has 0 radical (unpaired) electrons. The Kier molecular flexibility index (Phi) is 4.98. The van der Waals surface area contributed by atoms with Gasteiger partial charge < -0.3 is 10.0 Å². The molecule has 3 nitrogen and oxygen atoms in total. The highest BCUT2D eigenvalue weighted by atomic mass is 19.1. The number of aliphatic hydroxyl groups excluding tert-OH is 1. The second-order valence-electron chi connectivity index (χ2n) is 5.79. The summed E-state index contributed by atoms with van der Waals surface area (Å²) in [4.78, 5) is 13.8. The monoisotopic (exact) mass is 289 g/mol. The van der Waals surface area contributed by atoms with Crippen molar-refractivity contribution in [3.05, 3.63) is 35.1 Å². The topological polar surface area (TPSA) is 40.5 Å². The molecular formula is C17H20FNO2. The first kappa shape index (κ1) is 15.5. The molecule has 0 aromatic heterocycles. The first-order chi connectivity index (χ1) is 9.99. The fraction of sp³-hybridized carbons (Fsp3) is 0.471. The lowest BCUT2D eigenvalue weighted by molar-refractivity contribution is -0.128. The molecular weight excluding hydrogens is 269 g/mol. The standard InChI is InChI=1S/C17H20FNO2/c1-12(2)15-9-17(21)19(11-15)10-14-6-13(4-3-5-20)7-16(18)8-14/h6-8,12,15,20H,5,9-11H2,1-2H3.